The van der Waals surface area contributed by atoms with Crippen LogP contribution in [0.3, 0.4) is 0 Å². The van der Waals surface area contributed by atoms with E-state index >= 15 is 0 Å². The second-order valence-corrected chi connectivity index (χ2v) is 5.44. The van der Waals surface area contributed by atoms with Crippen molar-refractivity contribution in [1.29, 1.82) is 0 Å². The molecule has 100 valence electrons. The summed E-state index contributed by atoms with van der Waals surface area (Å²) < 4.78 is 0. The number of nitrogens with zero attached hydrogens (tertiary/aromatic N) is 2. The summed E-state index contributed by atoms with van der Waals surface area (Å²) in [4.78, 5) is 8.04. The lowest BCUT2D eigenvalue weighted by Gasteiger charge is -2.29. The minimum Gasteiger partial charge on any atom is -0.393 e. The SMILES string of the molecule is Nc1c(Cl)ncnc1NC1CCC2=C(CCC=C2)C1. The lowest BCUT2D eigenvalue weighted by molar-refractivity contribution is 0.586. The van der Waals surface area contributed by atoms with Gasteiger partial charge < -0.3 is 11.1 Å². The predicted octanol–water partition coefficient (Wildman–Crippen LogP) is 3.32. The minimum atomic E-state index is 0.314. The fourth-order valence-corrected chi connectivity index (χ4v) is 2.92. The van der Waals surface area contributed by atoms with Crippen molar-refractivity contribution in [2.45, 2.75) is 38.1 Å². The molecule has 19 heavy (non-hydrogen) atoms. The van der Waals surface area contributed by atoms with Gasteiger partial charge in [-0.05, 0) is 37.7 Å². The molecule has 3 rings (SSSR count). The van der Waals surface area contributed by atoms with E-state index < -0.39 is 0 Å². The summed E-state index contributed by atoms with van der Waals surface area (Å²) in [6, 6.07) is 0.388. The standard InChI is InChI=1S/C14H17ClN4/c15-13-12(16)14(18-8-17-13)19-11-6-5-9-3-1-2-4-10(9)7-11/h1,3,8,11H,2,4-7,16H2,(H,17,18,19). The summed E-state index contributed by atoms with van der Waals surface area (Å²) in [7, 11) is 0. The van der Waals surface area contributed by atoms with E-state index in [-0.39, 0.29) is 0 Å². The average Bonchev–Trinajstić information content (AvgIpc) is 2.44. The smallest absolute Gasteiger partial charge is 0.157 e. The number of rotatable bonds is 2. The van der Waals surface area contributed by atoms with Crippen LogP contribution < -0.4 is 11.1 Å². The molecule has 1 aromatic rings. The molecule has 0 saturated carbocycles. The molecular weight excluding hydrogens is 260 g/mol. The van der Waals surface area contributed by atoms with Gasteiger partial charge in [-0.3, -0.25) is 0 Å². The Morgan fingerprint density at radius 1 is 1.32 bits per heavy atom. The molecule has 1 atom stereocenters. The number of hydrogen-bond acceptors (Lipinski definition) is 4. The van der Waals surface area contributed by atoms with Gasteiger partial charge in [0.25, 0.3) is 0 Å². The normalized spacial score (nSPS) is 22.3. The van der Waals surface area contributed by atoms with Crippen LogP contribution in [0, 0.1) is 0 Å². The molecule has 1 heterocycles. The first-order chi connectivity index (χ1) is 9.24. The van der Waals surface area contributed by atoms with Crippen molar-refractivity contribution in [1.82, 2.24) is 9.97 Å². The number of aromatic nitrogens is 2. The van der Waals surface area contributed by atoms with Crippen molar-refractivity contribution in [2.75, 3.05) is 11.1 Å². The quantitative estimate of drug-likeness (QED) is 0.814. The van der Waals surface area contributed by atoms with Crippen LogP contribution >= 0.6 is 11.6 Å². The molecule has 0 amide bonds. The Morgan fingerprint density at radius 3 is 3.11 bits per heavy atom. The molecule has 2 aliphatic carbocycles. The lowest BCUT2D eigenvalue weighted by atomic mass is 9.83. The molecule has 0 fully saturated rings. The van der Waals surface area contributed by atoms with Gasteiger partial charge in [-0.25, -0.2) is 9.97 Å². The molecule has 0 aliphatic heterocycles. The van der Waals surface area contributed by atoms with Gasteiger partial charge >= 0.3 is 0 Å². The van der Waals surface area contributed by atoms with Crippen molar-refractivity contribution in [3.63, 3.8) is 0 Å². The third-order valence-electron chi connectivity index (χ3n) is 3.82. The molecule has 4 nitrogen and oxygen atoms in total. The summed E-state index contributed by atoms with van der Waals surface area (Å²) in [6.45, 7) is 0. The third kappa shape index (κ3) is 2.59. The van der Waals surface area contributed by atoms with Crippen LogP contribution in [0.5, 0.6) is 0 Å². The van der Waals surface area contributed by atoms with Crippen LogP contribution in [0.15, 0.2) is 29.6 Å². The second kappa shape index (κ2) is 5.21. The van der Waals surface area contributed by atoms with Crippen molar-refractivity contribution in [3.05, 3.63) is 34.8 Å². The van der Waals surface area contributed by atoms with E-state index in [2.05, 4.69) is 27.4 Å². The van der Waals surface area contributed by atoms with Crippen molar-refractivity contribution < 1.29 is 0 Å². The Balaban J connectivity index is 1.73. The fraction of sp³-hybridized carbons (Fsp3) is 0.429. The van der Waals surface area contributed by atoms with Crippen LogP contribution in [0.1, 0.15) is 32.1 Å². The predicted molar refractivity (Wildman–Crippen MR) is 78.1 cm³/mol. The molecule has 0 bridgehead atoms. The molecule has 2 aliphatic rings. The highest BCUT2D eigenvalue weighted by atomic mass is 35.5. The van der Waals surface area contributed by atoms with Gasteiger partial charge in [-0.2, -0.15) is 0 Å². The van der Waals surface area contributed by atoms with E-state index in [0.717, 1.165) is 25.7 Å². The Bertz CT molecular complexity index is 550. The first-order valence-electron chi connectivity index (χ1n) is 6.64. The second-order valence-electron chi connectivity index (χ2n) is 5.08. The van der Waals surface area contributed by atoms with Gasteiger partial charge in [0.1, 0.15) is 12.0 Å². The Kier molecular flexibility index (Phi) is 3.42. The summed E-state index contributed by atoms with van der Waals surface area (Å²) in [5.74, 6) is 0.653. The summed E-state index contributed by atoms with van der Waals surface area (Å²) in [5, 5.41) is 3.72. The van der Waals surface area contributed by atoms with E-state index in [1.54, 1.807) is 5.57 Å². The molecule has 0 saturated heterocycles. The first kappa shape index (κ1) is 12.5. The van der Waals surface area contributed by atoms with E-state index in [1.807, 2.05) is 0 Å². The van der Waals surface area contributed by atoms with E-state index in [9.17, 15) is 0 Å². The third-order valence-corrected chi connectivity index (χ3v) is 4.12. The summed E-state index contributed by atoms with van der Waals surface area (Å²) >= 11 is 5.91. The maximum absolute atomic E-state index is 5.91. The van der Waals surface area contributed by atoms with Gasteiger partial charge in [-0.1, -0.05) is 29.3 Å². The fourth-order valence-electron chi connectivity index (χ4n) is 2.79. The molecule has 5 heteroatoms. The molecule has 0 spiro atoms. The number of nitrogens with two attached hydrogens (primary N) is 1. The van der Waals surface area contributed by atoms with Gasteiger partial charge in [0.05, 0.1) is 0 Å². The highest BCUT2D eigenvalue weighted by Crippen LogP contribution is 2.34. The molecule has 0 aromatic carbocycles. The highest BCUT2D eigenvalue weighted by molar-refractivity contribution is 6.32. The Morgan fingerprint density at radius 2 is 2.21 bits per heavy atom. The van der Waals surface area contributed by atoms with E-state index in [1.165, 1.54) is 18.3 Å². The maximum atomic E-state index is 5.91. The molecule has 3 N–H and O–H groups in total. The Hall–Kier alpha value is -1.55. The summed E-state index contributed by atoms with van der Waals surface area (Å²) in [6.07, 6.45) is 11.6. The lowest BCUT2D eigenvalue weighted by Crippen LogP contribution is -2.25. The van der Waals surface area contributed by atoms with Gasteiger partial charge in [0, 0.05) is 6.04 Å². The number of nitrogens with one attached hydrogen (secondary N) is 1. The molecule has 0 radical (unpaired) electrons. The topological polar surface area (TPSA) is 63.8 Å². The van der Waals surface area contributed by atoms with Crippen LogP contribution in [-0.4, -0.2) is 16.0 Å². The average molecular weight is 277 g/mol. The number of hydrogen-bond donors (Lipinski definition) is 2. The monoisotopic (exact) mass is 276 g/mol. The van der Waals surface area contributed by atoms with Crippen molar-refractivity contribution in [3.8, 4) is 0 Å². The van der Waals surface area contributed by atoms with Gasteiger partial charge in [0.15, 0.2) is 11.0 Å². The van der Waals surface area contributed by atoms with Gasteiger partial charge in [0.2, 0.25) is 0 Å². The van der Waals surface area contributed by atoms with Crippen LogP contribution in [0.4, 0.5) is 11.5 Å². The number of nitrogen functional groups attached to an aromatic ring is 1. The number of anilines is 2. The molecular formula is C14H17ClN4. The largest absolute Gasteiger partial charge is 0.393 e. The van der Waals surface area contributed by atoms with Crippen LogP contribution in [-0.2, 0) is 0 Å². The maximum Gasteiger partial charge on any atom is 0.157 e. The zero-order valence-electron chi connectivity index (χ0n) is 10.7. The zero-order chi connectivity index (χ0) is 13.2. The number of allylic oxidation sites excluding steroid dienone is 3. The van der Waals surface area contributed by atoms with Crippen molar-refractivity contribution in [2.24, 2.45) is 0 Å². The zero-order valence-corrected chi connectivity index (χ0v) is 11.5. The molecule has 1 aromatic heterocycles. The van der Waals surface area contributed by atoms with Crippen molar-refractivity contribution >= 4 is 23.1 Å². The number of halogens is 1. The minimum absolute atomic E-state index is 0.314. The highest BCUT2D eigenvalue weighted by Gasteiger charge is 2.22. The first-order valence-corrected chi connectivity index (χ1v) is 7.02. The van der Waals surface area contributed by atoms with E-state index in [4.69, 9.17) is 17.3 Å². The van der Waals surface area contributed by atoms with E-state index in [0.29, 0.717) is 22.7 Å². The summed E-state index contributed by atoms with van der Waals surface area (Å²) in [5.41, 5.74) is 9.43. The van der Waals surface area contributed by atoms with Gasteiger partial charge in [-0.15, -0.1) is 0 Å². The van der Waals surface area contributed by atoms with Crippen LogP contribution in [0.2, 0.25) is 5.15 Å². The Labute approximate surface area is 117 Å². The van der Waals surface area contributed by atoms with Crippen LogP contribution in [0.25, 0.3) is 0 Å². The molecule has 1 unspecified atom stereocenters.